The molecule has 0 radical (unpaired) electrons. The first-order valence-corrected chi connectivity index (χ1v) is 9.70. The van der Waals surface area contributed by atoms with Crippen molar-refractivity contribution in [1.29, 1.82) is 0 Å². The highest BCUT2D eigenvalue weighted by atomic mass is 16.4. The van der Waals surface area contributed by atoms with Gasteiger partial charge in [0, 0.05) is 25.7 Å². The molecule has 1 saturated carbocycles. The number of aromatic nitrogens is 1. The van der Waals surface area contributed by atoms with Crippen LogP contribution in [-0.2, 0) is 15.1 Å². The predicted octanol–water partition coefficient (Wildman–Crippen LogP) is 2.74. The fourth-order valence-electron chi connectivity index (χ4n) is 4.77. The van der Waals surface area contributed by atoms with Crippen molar-refractivity contribution < 1.29 is 14.7 Å². The minimum atomic E-state index is -0.919. The summed E-state index contributed by atoms with van der Waals surface area (Å²) in [5, 5.41) is 9.40. The number of carbonyl (C=O) groups is 2. The van der Waals surface area contributed by atoms with E-state index in [1.165, 1.54) is 0 Å². The smallest absolute Gasteiger partial charge is 0.310 e. The average molecular weight is 373 g/mol. The summed E-state index contributed by atoms with van der Waals surface area (Å²) < 4.78 is 0. The van der Waals surface area contributed by atoms with Crippen molar-refractivity contribution in [2.24, 2.45) is 10.8 Å². The number of aliphatic carboxylic acids is 1. The second-order valence-corrected chi connectivity index (χ2v) is 9.26. The largest absolute Gasteiger partial charge is 0.481 e. The molecule has 1 aliphatic heterocycles. The average Bonchev–Trinajstić information content (AvgIpc) is 2.91. The molecule has 0 atom stereocenters. The Bertz CT molecular complexity index is 707. The number of amides is 1. The fourth-order valence-corrected chi connectivity index (χ4v) is 4.77. The molecule has 1 spiro atoms. The molecule has 2 heterocycles. The van der Waals surface area contributed by atoms with Crippen LogP contribution in [0.1, 0.15) is 51.6 Å². The van der Waals surface area contributed by atoms with Crippen molar-refractivity contribution in [2.75, 3.05) is 27.2 Å². The van der Waals surface area contributed by atoms with Gasteiger partial charge in [-0.15, -0.1) is 0 Å². The van der Waals surface area contributed by atoms with Crippen LogP contribution in [0.3, 0.4) is 0 Å². The van der Waals surface area contributed by atoms with Crippen molar-refractivity contribution in [3.05, 3.63) is 30.1 Å². The van der Waals surface area contributed by atoms with E-state index in [0.29, 0.717) is 13.0 Å². The summed E-state index contributed by atoms with van der Waals surface area (Å²) in [5.74, 6) is -0.763. The Morgan fingerprint density at radius 3 is 2.44 bits per heavy atom. The third-order valence-corrected chi connectivity index (χ3v) is 6.71. The minimum Gasteiger partial charge on any atom is -0.481 e. The number of pyridine rings is 1. The van der Waals surface area contributed by atoms with E-state index in [-0.39, 0.29) is 23.4 Å². The van der Waals surface area contributed by atoms with Gasteiger partial charge in [-0.1, -0.05) is 6.07 Å². The molecular weight excluding hydrogens is 342 g/mol. The molecule has 1 saturated heterocycles. The molecule has 0 bridgehead atoms. The molecule has 0 aromatic carbocycles. The zero-order valence-electron chi connectivity index (χ0n) is 16.9. The Kier molecular flexibility index (Phi) is 5.06. The van der Waals surface area contributed by atoms with Crippen LogP contribution in [0, 0.1) is 10.8 Å². The van der Waals surface area contributed by atoms with E-state index in [1.807, 2.05) is 18.3 Å². The lowest BCUT2D eigenvalue weighted by Gasteiger charge is -2.48. The summed E-state index contributed by atoms with van der Waals surface area (Å²) in [6, 6.07) is 6.07. The number of nitrogens with zero attached hydrogens (tertiary/aromatic N) is 3. The normalized spacial score (nSPS) is 28.9. The lowest BCUT2D eigenvalue weighted by Crippen LogP contribution is -2.48. The maximum Gasteiger partial charge on any atom is 0.310 e. The third kappa shape index (κ3) is 3.59. The molecule has 148 valence electrons. The summed E-state index contributed by atoms with van der Waals surface area (Å²) >= 11 is 0. The SMILES string of the molecule is CN(C)C1(c2ccccn2)CCC2(CC1)CC(=O)N(CC(C)(C)C(=O)O)C2. The van der Waals surface area contributed by atoms with Crippen molar-refractivity contribution in [1.82, 2.24) is 14.8 Å². The highest BCUT2D eigenvalue weighted by Gasteiger charge is 2.51. The van der Waals surface area contributed by atoms with Gasteiger partial charge in [0.25, 0.3) is 0 Å². The van der Waals surface area contributed by atoms with Gasteiger partial charge in [0.1, 0.15) is 0 Å². The van der Waals surface area contributed by atoms with Crippen LogP contribution >= 0.6 is 0 Å². The maximum absolute atomic E-state index is 12.6. The number of hydrogen-bond acceptors (Lipinski definition) is 4. The fraction of sp³-hybridized carbons (Fsp3) is 0.667. The number of carboxylic acids is 1. The summed E-state index contributed by atoms with van der Waals surface area (Å²) in [4.78, 5) is 32.7. The molecule has 27 heavy (non-hydrogen) atoms. The standard InChI is InChI=1S/C21H31N3O3/c1-19(2,18(26)27)14-24-15-20(13-17(24)25)8-10-21(11-9-20,23(3)4)16-7-5-6-12-22-16/h5-7,12H,8-11,13-15H2,1-4H3,(H,26,27). The van der Waals surface area contributed by atoms with E-state index in [9.17, 15) is 14.7 Å². The highest BCUT2D eigenvalue weighted by molar-refractivity contribution is 5.81. The Labute approximate surface area is 161 Å². The molecule has 1 amide bonds. The first-order chi connectivity index (χ1) is 12.6. The number of carboxylic acid groups (broad SMARTS) is 1. The Morgan fingerprint density at radius 1 is 1.26 bits per heavy atom. The van der Waals surface area contributed by atoms with Crippen LogP contribution in [0.4, 0.5) is 0 Å². The molecule has 2 fully saturated rings. The quantitative estimate of drug-likeness (QED) is 0.859. The van der Waals surface area contributed by atoms with E-state index in [0.717, 1.165) is 31.4 Å². The molecule has 3 rings (SSSR count). The van der Waals surface area contributed by atoms with Gasteiger partial charge in [-0.05, 0) is 71.2 Å². The first kappa shape index (κ1) is 19.8. The summed E-state index contributed by atoms with van der Waals surface area (Å²) in [6.45, 7) is 4.33. The zero-order valence-corrected chi connectivity index (χ0v) is 16.9. The van der Waals surface area contributed by atoms with Gasteiger partial charge >= 0.3 is 5.97 Å². The van der Waals surface area contributed by atoms with E-state index in [2.05, 4.69) is 30.0 Å². The van der Waals surface area contributed by atoms with Crippen LogP contribution in [0.25, 0.3) is 0 Å². The van der Waals surface area contributed by atoms with Crippen LogP contribution in [-0.4, -0.2) is 59.0 Å². The van der Waals surface area contributed by atoms with Gasteiger partial charge in [-0.3, -0.25) is 19.5 Å². The molecule has 1 N–H and O–H groups in total. The van der Waals surface area contributed by atoms with E-state index in [4.69, 9.17) is 0 Å². The van der Waals surface area contributed by atoms with Gasteiger partial charge in [0.2, 0.25) is 5.91 Å². The molecule has 6 heteroatoms. The molecule has 0 unspecified atom stereocenters. The van der Waals surface area contributed by atoms with E-state index < -0.39 is 11.4 Å². The maximum atomic E-state index is 12.6. The van der Waals surface area contributed by atoms with Crippen LogP contribution in [0.2, 0.25) is 0 Å². The van der Waals surface area contributed by atoms with Crippen LogP contribution < -0.4 is 0 Å². The predicted molar refractivity (Wildman–Crippen MR) is 103 cm³/mol. The lowest BCUT2D eigenvalue weighted by molar-refractivity contribution is -0.148. The van der Waals surface area contributed by atoms with Gasteiger partial charge in [0.15, 0.2) is 0 Å². The second kappa shape index (κ2) is 6.89. The number of hydrogen-bond donors (Lipinski definition) is 1. The highest BCUT2D eigenvalue weighted by Crippen LogP contribution is 2.51. The van der Waals surface area contributed by atoms with E-state index in [1.54, 1.807) is 18.7 Å². The summed E-state index contributed by atoms with van der Waals surface area (Å²) in [5.41, 5.74) is 0.0542. The molecule has 1 aromatic heterocycles. The summed E-state index contributed by atoms with van der Waals surface area (Å²) in [6.07, 6.45) is 6.21. The van der Waals surface area contributed by atoms with Crippen molar-refractivity contribution in [3.8, 4) is 0 Å². The zero-order chi connectivity index (χ0) is 19.9. The monoisotopic (exact) mass is 373 g/mol. The number of likely N-dealkylation sites (tertiary alicyclic amines) is 1. The first-order valence-electron chi connectivity index (χ1n) is 9.70. The molecule has 2 aliphatic rings. The molecule has 6 nitrogen and oxygen atoms in total. The molecule has 1 aliphatic carbocycles. The number of carbonyl (C=O) groups excluding carboxylic acids is 1. The second-order valence-electron chi connectivity index (χ2n) is 9.26. The minimum absolute atomic E-state index is 0.0278. The van der Waals surface area contributed by atoms with Crippen molar-refractivity contribution in [2.45, 2.75) is 51.5 Å². The molecular formula is C21H31N3O3. The van der Waals surface area contributed by atoms with Gasteiger partial charge in [-0.2, -0.15) is 0 Å². The van der Waals surface area contributed by atoms with Gasteiger partial charge < -0.3 is 10.0 Å². The summed E-state index contributed by atoms with van der Waals surface area (Å²) in [7, 11) is 4.21. The van der Waals surface area contributed by atoms with Crippen molar-refractivity contribution in [3.63, 3.8) is 0 Å². The van der Waals surface area contributed by atoms with E-state index >= 15 is 0 Å². The third-order valence-electron chi connectivity index (χ3n) is 6.71. The molecule has 1 aromatic rings. The van der Waals surface area contributed by atoms with Crippen molar-refractivity contribution >= 4 is 11.9 Å². The van der Waals surface area contributed by atoms with Crippen LogP contribution in [0.15, 0.2) is 24.4 Å². The van der Waals surface area contributed by atoms with Gasteiger partial charge in [0.05, 0.1) is 16.6 Å². The Morgan fingerprint density at radius 2 is 1.93 bits per heavy atom. The topological polar surface area (TPSA) is 73.7 Å². The Balaban J connectivity index is 1.75. The number of rotatable bonds is 5. The van der Waals surface area contributed by atoms with Gasteiger partial charge in [-0.25, -0.2) is 0 Å². The van der Waals surface area contributed by atoms with Crippen LogP contribution in [0.5, 0.6) is 0 Å². The lowest BCUT2D eigenvalue weighted by atomic mass is 9.65. The Hall–Kier alpha value is -1.95.